The van der Waals surface area contributed by atoms with E-state index in [0.29, 0.717) is 0 Å². The Hall–Kier alpha value is -0.0800. The quantitative estimate of drug-likeness (QED) is 0.545. The van der Waals surface area contributed by atoms with E-state index in [1.54, 1.807) is 6.92 Å². The number of aliphatic hydroxyl groups excluding tert-OH is 1. The second-order valence-electron chi connectivity index (χ2n) is 3.12. The highest BCUT2D eigenvalue weighted by molar-refractivity contribution is 4.93. The van der Waals surface area contributed by atoms with Gasteiger partial charge in [-0.05, 0) is 19.8 Å². The van der Waals surface area contributed by atoms with Gasteiger partial charge in [0, 0.05) is 5.54 Å². The lowest BCUT2D eigenvalue weighted by Gasteiger charge is -2.26. The highest BCUT2D eigenvalue weighted by Crippen LogP contribution is 2.29. The maximum Gasteiger partial charge on any atom is 0.0691 e. The lowest BCUT2D eigenvalue weighted by molar-refractivity contribution is 0.104. The molecule has 1 rings (SSSR count). The van der Waals surface area contributed by atoms with Crippen LogP contribution in [0.1, 0.15) is 32.6 Å². The van der Waals surface area contributed by atoms with Crippen LogP contribution in [0.2, 0.25) is 0 Å². The van der Waals surface area contributed by atoms with Gasteiger partial charge in [-0.15, -0.1) is 0 Å². The van der Waals surface area contributed by atoms with Crippen molar-refractivity contribution in [2.75, 3.05) is 0 Å². The average molecular weight is 129 g/mol. The van der Waals surface area contributed by atoms with Crippen molar-refractivity contribution in [2.24, 2.45) is 5.73 Å². The molecule has 0 aromatic heterocycles. The first-order valence-corrected chi connectivity index (χ1v) is 3.62. The van der Waals surface area contributed by atoms with Crippen LogP contribution in [0.3, 0.4) is 0 Å². The Balaban J connectivity index is 2.51. The molecule has 9 heavy (non-hydrogen) atoms. The van der Waals surface area contributed by atoms with Gasteiger partial charge >= 0.3 is 0 Å². The summed E-state index contributed by atoms with van der Waals surface area (Å²) in [6.07, 6.45) is 4.01. The maximum atomic E-state index is 9.19. The van der Waals surface area contributed by atoms with Crippen molar-refractivity contribution in [1.82, 2.24) is 0 Å². The minimum Gasteiger partial charge on any atom is -0.392 e. The molecular formula is C7H15NO. The van der Waals surface area contributed by atoms with Gasteiger partial charge in [-0.3, -0.25) is 0 Å². The van der Waals surface area contributed by atoms with Crippen molar-refractivity contribution in [3.63, 3.8) is 0 Å². The third kappa shape index (κ3) is 1.25. The van der Waals surface area contributed by atoms with E-state index in [-0.39, 0.29) is 11.6 Å². The first kappa shape index (κ1) is 7.03. The summed E-state index contributed by atoms with van der Waals surface area (Å²) in [5.74, 6) is 0. The predicted molar refractivity (Wildman–Crippen MR) is 37.1 cm³/mol. The largest absolute Gasteiger partial charge is 0.392 e. The summed E-state index contributed by atoms with van der Waals surface area (Å²) in [6.45, 7) is 1.78. The zero-order valence-corrected chi connectivity index (χ0v) is 5.93. The van der Waals surface area contributed by atoms with Crippen molar-refractivity contribution in [1.29, 1.82) is 0 Å². The molecule has 0 aromatic rings. The van der Waals surface area contributed by atoms with Gasteiger partial charge in [-0.2, -0.15) is 0 Å². The van der Waals surface area contributed by atoms with Crippen LogP contribution in [0.25, 0.3) is 0 Å². The second-order valence-corrected chi connectivity index (χ2v) is 3.12. The molecule has 0 heterocycles. The van der Waals surface area contributed by atoms with E-state index in [9.17, 15) is 5.11 Å². The van der Waals surface area contributed by atoms with Crippen LogP contribution in [0.15, 0.2) is 0 Å². The van der Waals surface area contributed by atoms with Gasteiger partial charge < -0.3 is 10.8 Å². The first-order valence-electron chi connectivity index (χ1n) is 3.62. The fraction of sp³-hybridized carbons (Fsp3) is 1.00. The molecule has 2 nitrogen and oxygen atoms in total. The Bertz CT molecular complexity index is 95.1. The number of rotatable bonds is 1. The molecule has 54 valence electrons. The third-order valence-corrected chi connectivity index (χ3v) is 2.37. The van der Waals surface area contributed by atoms with Crippen LogP contribution in [0, 0.1) is 0 Å². The number of hydrogen-bond acceptors (Lipinski definition) is 2. The average Bonchev–Trinajstić information content (AvgIpc) is 2.16. The van der Waals surface area contributed by atoms with Gasteiger partial charge in [0.15, 0.2) is 0 Å². The summed E-state index contributed by atoms with van der Waals surface area (Å²) in [6, 6.07) is 0. The lowest BCUT2D eigenvalue weighted by Crippen LogP contribution is -2.46. The van der Waals surface area contributed by atoms with Crippen molar-refractivity contribution in [3.05, 3.63) is 0 Å². The molecule has 1 fully saturated rings. The second kappa shape index (κ2) is 2.27. The highest BCUT2D eigenvalue weighted by Gasteiger charge is 2.33. The minimum atomic E-state index is -0.333. The fourth-order valence-corrected chi connectivity index (χ4v) is 1.45. The summed E-state index contributed by atoms with van der Waals surface area (Å²) in [5, 5.41) is 9.19. The van der Waals surface area contributed by atoms with Crippen molar-refractivity contribution in [3.8, 4) is 0 Å². The maximum absolute atomic E-state index is 9.19. The summed E-state index contributed by atoms with van der Waals surface area (Å²) >= 11 is 0. The van der Waals surface area contributed by atoms with E-state index in [0.717, 1.165) is 12.8 Å². The normalized spacial score (nSPS) is 28.3. The van der Waals surface area contributed by atoms with Crippen LogP contribution in [-0.4, -0.2) is 16.7 Å². The Labute approximate surface area is 56.1 Å². The molecule has 0 radical (unpaired) electrons. The predicted octanol–water partition coefficient (Wildman–Crippen LogP) is 0.639. The molecule has 0 saturated heterocycles. The van der Waals surface area contributed by atoms with Crippen molar-refractivity contribution in [2.45, 2.75) is 44.2 Å². The molecule has 0 aliphatic heterocycles. The molecule has 0 aromatic carbocycles. The lowest BCUT2D eigenvalue weighted by atomic mass is 9.93. The van der Waals surface area contributed by atoms with Crippen LogP contribution >= 0.6 is 0 Å². The van der Waals surface area contributed by atoms with E-state index in [1.165, 1.54) is 12.8 Å². The van der Waals surface area contributed by atoms with Crippen molar-refractivity contribution >= 4 is 0 Å². The summed E-state index contributed by atoms with van der Waals surface area (Å²) in [5.41, 5.74) is 5.60. The van der Waals surface area contributed by atoms with Gasteiger partial charge in [-0.1, -0.05) is 12.8 Å². The number of nitrogens with two attached hydrogens (primary N) is 1. The zero-order chi connectivity index (χ0) is 6.91. The molecule has 0 bridgehead atoms. The number of aliphatic hydroxyl groups is 1. The molecule has 1 aliphatic carbocycles. The molecule has 1 saturated carbocycles. The molecular weight excluding hydrogens is 114 g/mol. The van der Waals surface area contributed by atoms with Crippen LogP contribution in [0.5, 0.6) is 0 Å². The van der Waals surface area contributed by atoms with Crippen LogP contribution in [0.4, 0.5) is 0 Å². The zero-order valence-electron chi connectivity index (χ0n) is 5.93. The van der Waals surface area contributed by atoms with Crippen molar-refractivity contribution < 1.29 is 5.11 Å². The highest BCUT2D eigenvalue weighted by atomic mass is 16.3. The smallest absolute Gasteiger partial charge is 0.0691 e. The number of hydrogen-bond donors (Lipinski definition) is 2. The van der Waals surface area contributed by atoms with E-state index >= 15 is 0 Å². The monoisotopic (exact) mass is 129 g/mol. The minimum absolute atomic E-state index is 0.250. The topological polar surface area (TPSA) is 46.2 Å². The fourth-order valence-electron chi connectivity index (χ4n) is 1.45. The van der Waals surface area contributed by atoms with E-state index in [1.807, 2.05) is 0 Å². The van der Waals surface area contributed by atoms with Gasteiger partial charge in [0.1, 0.15) is 0 Å². The molecule has 2 heteroatoms. The van der Waals surface area contributed by atoms with Gasteiger partial charge in [0.05, 0.1) is 6.10 Å². The SMILES string of the molecule is CC(O)C1(N)CCCC1. The Morgan fingerprint density at radius 3 is 2.11 bits per heavy atom. The van der Waals surface area contributed by atoms with Gasteiger partial charge in [-0.25, -0.2) is 0 Å². The summed E-state index contributed by atoms with van der Waals surface area (Å²) < 4.78 is 0. The summed E-state index contributed by atoms with van der Waals surface area (Å²) in [4.78, 5) is 0. The van der Waals surface area contributed by atoms with Gasteiger partial charge in [0.25, 0.3) is 0 Å². The summed E-state index contributed by atoms with van der Waals surface area (Å²) in [7, 11) is 0. The van der Waals surface area contributed by atoms with E-state index < -0.39 is 0 Å². The first-order chi connectivity index (χ1) is 4.15. The molecule has 3 N–H and O–H groups in total. The standard InChI is InChI=1S/C7H15NO/c1-6(9)7(8)4-2-3-5-7/h6,9H,2-5,8H2,1H3. The van der Waals surface area contributed by atoms with Crippen LogP contribution in [-0.2, 0) is 0 Å². The van der Waals surface area contributed by atoms with Gasteiger partial charge in [0.2, 0.25) is 0 Å². The Morgan fingerprint density at radius 1 is 1.44 bits per heavy atom. The van der Waals surface area contributed by atoms with Crippen LogP contribution < -0.4 is 5.73 Å². The molecule has 0 amide bonds. The molecule has 1 aliphatic rings. The third-order valence-electron chi connectivity index (χ3n) is 2.37. The molecule has 1 unspecified atom stereocenters. The van der Waals surface area contributed by atoms with E-state index in [2.05, 4.69) is 0 Å². The molecule has 0 spiro atoms. The Kier molecular flexibility index (Phi) is 1.78. The van der Waals surface area contributed by atoms with E-state index in [4.69, 9.17) is 5.73 Å². The molecule has 1 atom stereocenters. The Morgan fingerprint density at radius 2 is 1.89 bits per heavy atom.